The van der Waals surface area contributed by atoms with E-state index in [2.05, 4.69) is 4.90 Å². The number of hydrogen-bond donors (Lipinski definition) is 1. The molecule has 2 aromatic rings. The van der Waals surface area contributed by atoms with Crippen LogP contribution in [-0.4, -0.2) is 72.6 Å². The molecule has 0 unspecified atom stereocenters. The smallest absolute Gasteiger partial charge is 0.295 e. The van der Waals surface area contributed by atoms with Gasteiger partial charge in [-0.3, -0.25) is 14.5 Å². The van der Waals surface area contributed by atoms with Gasteiger partial charge in [-0.1, -0.05) is 37.3 Å². The first-order valence-electron chi connectivity index (χ1n) is 12.0. The highest BCUT2D eigenvalue weighted by atomic mass is 16.5. The highest BCUT2D eigenvalue weighted by molar-refractivity contribution is 6.46. The summed E-state index contributed by atoms with van der Waals surface area (Å²) in [5.74, 6) is -0.684. The molecule has 34 heavy (non-hydrogen) atoms. The standard InChI is InChI=1S/C27H32N2O5/c1-2-17-34-22-11-9-21(10-12-22)25(30)23-24(20-7-4-3-5-8-20)29(27(32)26(23)31)14-6-13-28-15-18-33-19-16-28/h3-5,7-12,24,30H,2,6,13-19H2,1H3/t24-/m1/s1. The number of carbonyl (C=O) groups excluding carboxylic acids is 2. The minimum Gasteiger partial charge on any atom is -0.507 e. The Morgan fingerprint density at radius 3 is 2.41 bits per heavy atom. The summed E-state index contributed by atoms with van der Waals surface area (Å²) in [6, 6.07) is 15.8. The predicted octanol–water partition coefficient (Wildman–Crippen LogP) is 3.62. The first-order valence-corrected chi connectivity index (χ1v) is 12.0. The summed E-state index contributed by atoms with van der Waals surface area (Å²) in [7, 11) is 0. The zero-order chi connectivity index (χ0) is 23.9. The van der Waals surface area contributed by atoms with Crippen molar-refractivity contribution in [1.82, 2.24) is 9.80 Å². The summed E-state index contributed by atoms with van der Waals surface area (Å²) < 4.78 is 11.0. The van der Waals surface area contributed by atoms with E-state index in [9.17, 15) is 14.7 Å². The Bertz CT molecular complexity index is 1010. The zero-order valence-electron chi connectivity index (χ0n) is 19.6. The molecule has 0 spiro atoms. The van der Waals surface area contributed by atoms with Crippen molar-refractivity contribution in [2.75, 3.05) is 46.0 Å². The molecule has 0 aliphatic carbocycles. The van der Waals surface area contributed by atoms with Crippen LogP contribution < -0.4 is 4.74 Å². The molecule has 0 aromatic heterocycles. The fourth-order valence-corrected chi connectivity index (χ4v) is 4.47. The second-order valence-corrected chi connectivity index (χ2v) is 8.58. The average molecular weight is 465 g/mol. The van der Waals surface area contributed by atoms with E-state index in [-0.39, 0.29) is 11.3 Å². The number of nitrogens with zero attached hydrogens (tertiary/aromatic N) is 2. The highest BCUT2D eigenvalue weighted by Gasteiger charge is 2.45. The van der Waals surface area contributed by atoms with E-state index in [0.717, 1.165) is 51.3 Å². The molecule has 2 aliphatic heterocycles. The lowest BCUT2D eigenvalue weighted by Gasteiger charge is -2.29. The molecule has 0 saturated carbocycles. The molecule has 1 atom stereocenters. The first kappa shape index (κ1) is 24.0. The van der Waals surface area contributed by atoms with E-state index in [1.165, 1.54) is 0 Å². The molecular weight excluding hydrogens is 432 g/mol. The summed E-state index contributed by atoms with van der Waals surface area (Å²) in [6.45, 7) is 7.08. The third-order valence-electron chi connectivity index (χ3n) is 6.23. The average Bonchev–Trinajstić information content (AvgIpc) is 3.13. The normalized spacial score (nSPS) is 20.6. The number of aliphatic hydroxyl groups excluding tert-OH is 1. The van der Waals surface area contributed by atoms with E-state index in [4.69, 9.17) is 9.47 Å². The third-order valence-corrected chi connectivity index (χ3v) is 6.23. The number of hydrogen-bond acceptors (Lipinski definition) is 6. The SMILES string of the molecule is CCCOc1ccc(C(O)=C2C(=O)C(=O)N(CCCN3CCOCC3)[C@@H]2c2ccccc2)cc1. The number of amides is 1. The molecule has 2 heterocycles. The van der Waals surface area contributed by atoms with Crippen molar-refractivity contribution in [3.63, 3.8) is 0 Å². The lowest BCUT2D eigenvalue weighted by molar-refractivity contribution is -0.140. The Kier molecular flexibility index (Phi) is 7.98. The first-order chi connectivity index (χ1) is 16.6. The maximum atomic E-state index is 13.1. The number of rotatable bonds is 9. The molecule has 1 N–H and O–H groups in total. The fourth-order valence-electron chi connectivity index (χ4n) is 4.47. The minimum atomic E-state index is -0.649. The second kappa shape index (κ2) is 11.3. The van der Waals surface area contributed by atoms with E-state index in [1.54, 1.807) is 29.2 Å². The van der Waals surface area contributed by atoms with Crippen molar-refractivity contribution in [1.29, 1.82) is 0 Å². The van der Waals surface area contributed by atoms with Crippen LogP contribution in [-0.2, 0) is 14.3 Å². The molecular formula is C27H32N2O5. The Labute approximate surface area is 200 Å². The number of aliphatic hydroxyl groups is 1. The Hall–Kier alpha value is -3.16. The Morgan fingerprint density at radius 2 is 1.74 bits per heavy atom. The molecule has 0 radical (unpaired) electrons. The van der Waals surface area contributed by atoms with Crippen LogP contribution in [0.1, 0.15) is 36.9 Å². The molecule has 2 saturated heterocycles. The number of likely N-dealkylation sites (tertiary alicyclic amines) is 1. The highest BCUT2D eigenvalue weighted by Crippen LogP contribution is 2.39. The summed E-state index contributed by atoms with van der Waals surface area (Å²) in [6.07, 6.45) is 1.63. The van der Waals surface area contributed by atoms with Crippen molar-refractivity contribution < 1.29 is 24.2 Å². The van der Waals surface area contributed by atoms with E-state index >= 15 is 0 Å². The van der Waals surface area contributed by atoms with Gasteiger partial charge in [-0.25, -0.2) is 0 Å². The van der Waals surface area contributed by atoms with Crippen LogP contribution in [0.2, 0.25) is 0 Å². The van der Waals surface area contributed by atoms with Gasteiger partial charge in [-0.15, -0.1) is 0 Å². The largest absolute Gasteiger partial charge is 0.507 e. The van der Waals surface area contributed by atoms with E-state index in [0.29, 0.717) is 24.5 Å². The number of ether oxygens (including phenoxy) is 2. The molecule has 180 valence electrons. The lowest BCUT2D eigenvalue weighted by Crippen LogP contribution is -2.38. The topological polar surface area (TPSA) is 79.3 Å². The van der Waals surface area contributed by atoms with Gasteiger partial charge in [-0.05, 0) is 42.7 Å². The van der Waals surface area contributed by atoms with Gasteiger partial charge in [0.1, 0.15) is 11.5 Å². The van der Waals surface area contributed by atoms with Gasteiger partial charge in [0.25, 0.3) is 11.7 Å². The van der Waals surface area contributed by atoms with Crippen LogP contribution in [0.3, 0.4) is 0 Å². The summed E-state index contributed by atoms with van der Waals surface area (Å²) in [5.41, 5.74) is 1.42. The maximum Gasteiger partial charge on any atom is 0.295 e. The number of carbonyl (C=O) groups is 2. The van der Waals surface area contributed by atoms with Crippen molar-refractivity contribution in [2.24, 2.45) is 0 Å². The molecule has 4 rings (SSSR count). The van der Waals surface area contributed by atoms with Gasteiger partial charge in [0, 0.05) is 31.7 Å². The van der Waals surface area contributed by atoms with E-state index < -0.39 is 17.7 Å². The van der Waals surface area contributed by atoms with E-state index in [1.807, 2.05) is 37.3 Å². The van der Waals surface area contributed by atoms with Crippen molar-refractivity contribution in [3.05, 3.63) is 71.3 Å². The minimum absolute atomic E-state index is 0.129. The van der Waals surface area contributed by atoms with Crippen LogP contribution in [0.4, 0.5) is 0 Å². The fraction of sp³-hybridized carbons (Fsp3) is 0.407. The summed E-state index contributed by atoms with van der Waals surface area (Å²) in [5, 5.41) is 11.2. The zero-order valence-corrected chi connectivity index (χ0v) is 19.6. The van der Waals surface area contributed by atoms with Gasteiger partial charge < -0.3 is 19.5 Å². The number of benzene rings is 2. The van der Waals surface area contributed by atoms with Gasteiger partial charge in [0.2, 0.25) is 0 Å². The van der Waals surface area contributed by atoms with Crippen molar-refractivity contribution in [2.45, 2.75) is 25.8 Å². The lowest BCUT2D eigenvalue weighted by atomic mass is 9.95. The Morgan fingerprint density at radius 1 is 1.03 bits per heavy atom. The third kappa shape index (κ3) is 5.32. The van der Waals surface area contributed by atoms with Gasteiger partial charge in [-0.2, -0.15) is 0 Å². The second-order valence-electron chi connectivity index (χ2n) is 8.58. The van der Waals surface area contributed by atoms with Crippen LogP contribution in [0, 0.1) is 0 Å². The van der Waals surface area contributed by atoms with Crippen LogP contribution in [0.15, 0.2) is 60.2 Å². The summed E-state index contributed by atoms with van der Waals surface area (Å²) >= 11 is 0. The van der Waals surface area contributed by atoms with Gasteiger partial charge in [0.15, 0.2) is 0 Å². The van der Waals surface area contributed by atoms with Crippen LogP contribution in [0.5, 0.6) is 5.75 Å². The molecule has 2 aromatic carbocycles. The van der Waals surface area contributed by atoms with Gasteiger partial charge >= 0.3 is 0 Å². The number of Topliss-reactive ketones (excluding diaryl/α,β-unsaturated/α-hetero) is 1. The molecule has 1 amide bonds. The molecule has 7 heteroatoms. The molecule has 7 nitrogen and oxygen atoms in total. The molecule has 0 bridgehead atoms. The number of ketones is 1. The maximum absolute atomic E-state index is 13.1. The molecule has 2 aliphatic rings. The number of morpholine rings is 1. The van der Waals surface area contributed by atoms with Crippen molar-refractivity contribution >= 4 is 17.4 Å². The van der Waals surface area contributed by atoms with Crippen LogP contribution in [0.25, 0.3) is 5.76 Å². The predicted molar refractivity (Wildman–Crippen MR) is 130 cm³/mol. The van der Waals surface area contributed by atoms with Crippen LogP contribution >= 0.6 is 0 Å². The molecule has 2 fully saturated rings. The van der Waals surface area contributed by atoms with Crippen molar-refractivity contribution in [3.8, 4) is 5.75 Å². The summed E-state index contributed by atoms with van der Waals surface area (Å²) in [4.78, 5) is 30.1. The monoisotopic (exact) mass is 464 g/mol. The Balaban J connectivity index is 1.61. The quantitative estimate of drug-likeness (QED) is 0.347. The van der Waals surface area contributed by atoms with Gasteiger partial charge in [0.05, 0.1) is 31.4 Å².